The number of benzene rings is 4. The average molecular weight is 632 g/mol. The van der Waals surface area contributed by atoms with E-state index in [0.717, 1.165) is 26.7 Å². The number of hydrogen-bond acceptors (Lipinski definition) is 5. The molecule has 0 aliphatic carbocycles. The van der Waals surface area contributed by atoms with Crippen molar-refractivity contribution in [3.8, 4) is 0 Å². The SMILES string of the molecule is COC(=O)C[NH2+][C@H](c1ccccc1)c1cc(Br)ccc1NC(=O)[C@@H](Cc1ccccc1)NC(=O)OCc1ccccc1. The van der Waals surface area contributed by atoms with Crippen LogP contribution in [0.2, 0.25) is 0 Å². The van der Waals surface area contributed by atoms with Gasteiger partial charge in [0.15, 0.2) is 6.54 Å². The summed E-state index contributed by atoms with van der Waals surface area (Å²) in [6.45, 7) is 0.166. The van der Waals surface area contributed by atoms with Crippen molar-refractivity contribution in [2.24, 2.45) is 0 Å². The Morgan fingerprint density at radius 1 is 0.833 bits per heavy atom. The van der Waals surface area contributed by atoms with Crippen LogP contribution in [0, 0.1) is 0 Å². The molecular weight excluding hydrogens is 598 g/mol. The molecule has 0 saturated heterocycles. The predicted octanol–water partition coefficient (Wildman–Crippen LogP) is 4.75. The van der Waals surface area contributed by atoms with Crippen LogP contribution in [0.1, 0.15) is 28.3 Å². The normalized spacial score (nSPS) is 12.0. The van der Waals surface area contributed by atoms with Gasteiger partial charge in [-0.25, -0.2) is 9.59 Å². The topological polar surface area (TPSA) is 110 Å². The molecule has 8 nitrogen and oxygen atoms in total. The van der Waals surface area contributed by atoms with Gasteiger partial charge in [0.1, 0.15) is 18.7 Å². The second-order valence-electron chi connectivity index (χ2n) is 9.57. The Bertz CT molecular complexity index is 1470. The Morgan fingerprint density at radius 2 is 1.45 bits per heavy atom. The second kappa shape index (κ2) is 15.5. The molecular formula is C33H33BrN3O5+. The van der Waals surface area contributed by atoms with Crippen molar-refractivity contribution in [2.75, 3.05) is 19.0 Å². The number of methoxy groups -OCH3 is 1. The van der Waals surface area contributed by atoms with Gasteiger partial charge in [-0.15, -0.1) is 0 Å². The minimum atomic E-state index is -0.915. The third kappa shape index (κ3) is 9.02. The van der Waals surface area contributed by atoms with Crippen molar-refractivity contribution in [1.29, 1.82) is 0 Å². The Labute approximate surface area is 253 Å². The lowest BCUT2D eigenvalue weighted by molar-refractivity contribution is -0.677. The van der Waals surface area contributed by atoms with Gasteiger partial charge in [0.25, 0.3) is 0 Å². The third-order valence-corrected chi connectivity index (χ3v) is 7.11. The lowest BCUT2D eigenvalue weighted by atomic mass is 9.96. The fourth-order valence-electron chi connectivity index (χ4n) is 4.49. The molecule has 0 spiro atoms. The molecule has 4 N–H and O–H groups in total. The average Bonchev–Trinajstić information content (AvgIpc) is 3.02. The predicted molar refractivity (Wildman–Crippen MR) is 164 cm³/mol. The van der Waals surface area contributed by atoms with Crippen LogP contribution in [0.25, 0.3) is 0 Å². The standard InChI is InChI=1S/C33H32BrN3O5/c1-41-30(38)21-35-31(25-15-9-4-10-16-25)27-20-26(34)17-18-28(27)36-32(39)29(19-23-11-5-2-6-12-23)37-33(40)42-22-24-13-7-3-8-14-24/h2-18,20,29,31,35H,19,21-22H2,1H3,(H,36,39)(H,37,40)/p+1/t29-,31-/m1/s1. The summed E-state index contributed by atoms with van der Waals surface area (Å²) in [4.78, 5) is 38.6. The van der Waals surface area contributed by atoms with Crippen LogP contribution in [-0.4, -0.2) is 37.7 Å². The first-order valence-corrected chi connectivity index (χ1v) is 14.3. The van der Waals surface area contributed by atoms with Crippen LogP contribution in [0.4, 0.5) is 10.5 Å². The quantitative estimate of drug-likeness (QED) is 0.196. The van der Waals surface area contributed by atoms with Crippen LogP contribution in [-0.2, 0) is 32.1 Å². The number of carbonyl (C=O) groups excluding carboxylic acids is 3. The van der Waals surface area contributed by atoms with E-state index in [1.165, 1.54) is 7.11 Å². The molecule has 9 heteroatoms. The molecule has 0 saturated carbocycles. The number of amides is 2. The van der Waals surface area contributed by atoms with E-state index in [9.17, 15) is 14.4 Å². The van der Waals surface area contributed by atoms with Gasteiger partial charge in [-0.05, 0) is 29.3 Å². The number of quaternary nitrogens is 1. The van der Waals surface area contributed by atoms with E-state index in [2.05, 4.69) is 26.6 Å². The Kier molecular flexibility index (Phi) is 11.3. The van der Waals surface area contributed by atoms with E-state index in [4.69, 9.17) is 9.47 Å². The van der Waals surface area contributed by atoms with Crippen molar-refractivity contribution in [3.63, 3.8) is 0 Å². The van der Waals surface area contributed by atoms with Crippen molar-refractivity contribution in [1.82, 2.24) is 5.32 Å². The highest BCUT2D eigenvalue weighted by Crippen LogP contribution is 2.29. The number of hydrogen-bond donors (Lipinski definition) is 3. The summed E-state index contributed by atoms with van der Waals surface area (Å²) >= 11 is 3.55. The lowest BCUT2D eigenvalue weighted by Gasteiger charge is -2.22. The first kappa shape index (κ1) is 30.5. The van der Waals surface area contributed by atoms with E-state index in [0.29, 0.717) is 5.69 Å². The second-order valence-corrected chi connectivity index (χ2v) is 10.5. The first-order valence-electron chi connectivity index (χ1n) is 13.5. The minimum absolute atomic E-state index is 0.0813. The van der Waals surface area contributed by atoms with Crippen LogP contribution >= 0.6 is 15.9 Å². The van der Waals surface area contributed by atoms with Crippen LogP contribution in [0.15, 0.2) is 114 Å². The fourth-order valence-corrected chi connectivity index (χ4v) is 4.87. The highest BCUT2D eigenvalue weighted by Gasteiger charge is 2.27. The summed E-state index contributed by atoms with van der Waals surface area (Å²) in [5.41, 5.74) is 3.99. The van der Waals surface area contributed by atoms with E-state index in [1.807, 2.05) is 108 Å². The number of carbonyl (C=O) groups is 3. The van der Waals surface area contributed by atoms with Crippen molar-refractivity contribution >= 4 is 39.6 Å². The van der Waals surface area contributed by atoms with Gasteiger partial charge in [0.05, 0.1) is 12.8 Å². The maximum Gasteiger partial charge on any atom is 0.408 e. The van der Waals surface area contributed by atoms with Crippen molar-refractivity contribution in [2.45, 2.75) is 25.1 Å². The van der Waals surface area contributed by atoms with Gasteiger partial charge >= 0.3 is 12.1 Å². The molecule has 42 heavy (non-hydrogen) atoms. The van der Waals surface area contributed by atoms with E-state index >= 15 is 0 Å². The van der Waals surface area contributed by atoms with E-state index in [-0.39, 0.29) is 31.6 Å². The molecule has 0 fully saturated rings. The van der Waals surface area contributed by atoms with Crippen LogP contribution in [0.3, 0.4) is 0 Å². The van der Waals surface area contributed by atoms with Gasteiger partial charge < -0.3 is 25.4 Å². The van der Waals surface area contributed by atoms with Gasteiger partial charge in [-0.3, -0.25) is 4.79 Å². The number of halogens is 1. The largest absolute Gasteiger partial charge is 0.465 e. The zero-order valence-corrected chi connectivity index (χ0v) is 24.8. The molecule has 0 unspecified atom stereocenters. The zero-order chi connectivity index (χ0) is 29.7. The number of alkyl carbamates (subject to hydrolysis) is 1. The molecule has 0 heterocycles. The maximum absolute atomic E-state index is 13.8. The fraction of sp³-hybridized carbons (Fsp3) is 0.182. The van der Waals surface area contributed by atoms with Gasteiger partial charge in [0, 0.05) is 22.0 Å². The first-order chi connectivity index (χ1) is 20.4. The lowest BCUT2D eigenvalue weighted by Crippen LogP contribution is -2.87. The molecule has 0 aliphatic rings. The molecule has 0 bridgehead atoms. The van der Waals surface area contributed by atoms with E-state index < -0.39 is 18.0 Å². The number of esters is 1. The number of anilines is 1. The van der Waals surface area contributed by atoms with Gasteiger partial charge in [0.2, 0.25) is 5.91 Å². The Morgan fingerprint density at radius 3 is 2.10 bits per heavy atom. The number of ether oxygens (including phenoxy) is 2. The molecule has 2 atom stereocenters. The zero-order valence-electron chi connectivity index (χ0n) is 23.2. The van der Waals surface area contributed by atoms with Crippen LogP contribution < -0.4 is 16.0 Å². The molecule has 4 aromatic carbocycles. The monoisotopic (exact) mass is 630 g/mol. The maximum atomic E-state index is 13.8. The summed E-state index contributed by atoms with van der Waals surface area (Å²) in [6, 6.07) is 32.8. The molecule has 2 amide bonds. The van der Waals surface area contributed by atoms with Gasteiger partial charge in [-0.2, -0.15) is 0 Å². The summed E-state index contributed by atoms with van der Waals surface area (Å²) in [5, 5.41) is 7.63. The highest BCUT2D eigenvalue weighted by molar-refractivity contribution is 9.10. The van der Waals surface area contributed by atoms with Crippen LogP contribution in [0.5, 0.6) is 0 Å². The Balaban J connectivity index is 1.58. The summed E-state index contributed by atoms with van der Waals surface area (Å²) in [7, 11) is 1.35. The molecule has 0 radical (unpaired) electrons. The molecule has 4 aromatic rings. The molecule has 4 rings (SSSR count). The Hall–Kier alpha value is -4.47. The van der Waals surface area contributed by atoms with E-state index in [1.54, 1.807) is 6.07 Å². The highest BCUT2D eigenvalue weighted by atomic mass is 79.9. The number of rotatable bonds is 12. The smallest absolute Gasteiger partial charge is 0.408 e. The van der Waals surface area contributed by atoms with Gasteiger partial charge in [-0.1, -0.05) is 107 Å². The third-order valence-electron chi connectivity index (χ3n) is 6.62. The summed E-state index contributed by atoms with van der Waals surface area (Å²) in [5.74, 6) is -0.767. The minimum Gasteiger partial charge on any atom is -0.465 e. The summed E-state index contributed by atoms with van der Waals surface area (Å²) in [6.07, 6.45) is -0.435. The molecule has 0 aliphatic heterocycles. The van der Waals surface area contributed by atoms with Crippen molar-refractivity contribution in [3.05, 3.63) is 136 Å². The number of nitrogens with two attached hydrogens (primary N) is 1. The van der Waals surface area contributed by atoms with Crippen molar-refractivity contribution < 1.29 is 29.2 Å². The number of nitrogens with one attached hydrogen (secondary N) is 2. The summed E-state index contributed by atoms with van der Waals surface area (Å²) < 4.78 is 11.1. The molecule has 0 aromatic heterocycles. The molecule has 216 valence electrons.